The van der Waals surface area contributed by atoms with E-state index in [1.54, 1.807) is 0 Å². The van der Waals surface area contributed by atoms with Crippen molar-refractivity contribution in [3.63, 3.8) is 0 Å². The molecule has 1 aromatic carbocycles. The van der Waals surface area contributed by atoms with Crippen LogP contribution < -0.4 is 5.43 Å². The molecule has 0 saturated heterocycles. The first kappa shape index (κ1) is 13.7. The Hall–Kier alpha value is -2.70. The highest BCUT2D eigenvalue weighted by Gasteiger charge is 2.15. The molecule has 7 heteroatoms. The molecule has 0 fully saturated rings. The molecule has 0 unspecified atom stereocenters. The van der Waals surface area contributed by atoms with Crippen LogP contribution in [0.25, 0.3) is 11.0 Å². The molecule has 0 atom stereocenters. The average Bonchev–Trinajstić information content (AvgIpc) is 2.44. The van der Waals surface area contributed by atoms with Gasteiger partial charge in [-0.3, -0.25) is 14.9 Å². The van der Waals surface area contributed by atoms with E-state index in [9.17, 15) is 19.7 Å². The molecule has 0 saturated carbocycles. The fourth-order valence-corrected chi connectivity index (χ4v) is 1.62. The number of carbonyl (C=O) groups excluding carboxylic acids is 1. The number of hydrogen-bond donors (Lipinski definition) is 0. The maximum atomic E-state index is 11.9. The highest BCUT2D eigenvalue weighted by atomic mass is 16.6. The van der Waals surface area contributed by atoms with E-state index in [1.165, 1.54) is 12.1 Å². The lowest BCUT2D eigenvalue weighted by atomic mass is 10.2. The molecule has 0 bridgehead atoms. The van der Waals surface area contributed by atoms with E-state index in [0.29, 0.717) is 6.42 Å². The van der Waals surface area contributed by atoms with Crippen LogP contribution in [0.2, 0.25) is 0 Å². The van der Waals surface area contributed by atoms with Gasteiger partial charge in [0, 0.05) is 18.2 Å². The summed E-state index contributed by atoms with van der Waals surface area (Å²) in [6.07, 6.45) is 0.649. The maximum absolute atomic E-state index is 11.9. The van der Waals surface area contributed by atoms with E-state index < -0.39 is 16.3 Å². The molecule has 0 aliphatic rings. The number of hydrogen-bond acceptors (Lipinski definition) is 6. The van der Waals surface area contributed by atoms with Gasteiger partial charge < -0.3 is 9.15 Å². The number of fused-ring (bicyclic) bond motifs is 1. The SMILES string of the molecule is CCCOC(=O)c1cc(=O)c2cc([N+](=O)[O-])ccc2o1. The molecule has 7 nitrogen and oxygen atoms in total. The van der Waals surface area contributed by atoms with Gasteiger partial charge in [0.25, 0.3) is 5.69 Å². The second-order valence-corrected chi connectivity index (χ2v) is 4.05. The van der Waals surface area contributed by atoms with Gasteiger partial charge in [0.05, 0.1) is 16.9 Å². The van der Waals surface area contributed by atoms with Gasteiger partial charge in [-0.1, -0.05) is 6.92 Å². The highest BCUT2D eigenvalue weighted by Crippen LogP contribution is 2.19. The quantitative estimate of drug-likeness (QED) is 0.482. The van der Waals surface area contributed by atoms with Crippen LogP contribution in [-0.4, -0.2) is 17.5 Å². The summed E-state index contributed by atoms with van der Waals surface area (Å²) in [5.74, 6) is -0.950. The third-order valence-corrected chi connectivity index (χ3v) is 2.56. The van der Waals surface area contributed by atoms with Crippen LogP contribution in [0, 0.1) is 10.1 Å². The maximum Gasteiger partial charge on any atom is 0.374 e. The Morgan fingerprint density at radius 1 is 1.40 bits per heavy atom. The minimum atomic E-state index is -0.732. The van der Waals surface area contributed by atoms with Crippen molar-refractivity contribution in [1.29, 1.82) is 0 Å². The molecule has 0 spiro atoms. The zero-order chi connectivity index (χ0) is 14.7. The van der Waals surface area contributed by atoms with E-state index in [4.69, 9.17) is 9.15 Å². The lowest BCUT2D eigenvalue weighted by Crippen LogP contribution is -2.10. The van der Waals surface area contributed by atoms with Gasteiger partial charge in [-0.2, -0.15) is 0 Å². The molecule has 2 rings (SSSR count). The molecule has 20 heavy (non-hydrogen) atoms. The smallest absolute Gasteiger partial charge is 0.374 e. The van der Waals surface area contributed by atoms with Crippen LogP contribution in [0.1, 0.15) is 23.9 Å². The Morgan fingerprint density at radius 3 is 2.80 bits per heavy atom. The van der Waals surface area contributed by atoms with Crippen molar-refractivity contribution < 1.29 is 18.9 Å². The van der Waals surface area contributed by atoms with E-state index in [1.807, 2.05) is 6.92 Å². The van der Waals surface area contributed by atoms with E-state index in [2.05, 4.69) is 0 Å². The summed E-state index contributed by atoms with van der Waals surface area (Å²) in [6, 6.07) is 4.57. The van der Waals surface area contributed by atoms with E-state index in [-0.39, 0.29) is 29.0 Å². The monoisotopic (exact) mass is 277 g/mol. The Labute approximate surface area is 112 Å². The van der Waals surface area contributed by atoms with Crippen LogP contribution in [0.4, 0.5) is 5.69 Å². The number of ether oxygens (including phenoxy) is 1. The van der Waals surface area contributed by atoms with Gasteiger partial charge in [-0.05, 0) is 12.5 Å². The van der Waals surface area contributed by atoms with Crippen LogP contribution in [-0.2, 0) is 4.74 Å². The molecule has 104 valence electrons. The predicted octanol–water partition coefficient (Wildman–Crippen LogP) is 2.27. The fourth-order valence-electron chi connectivity index (χ4n) is 1.62. The summed E-state index contributed by atoms with van der Waals surface area (Å²) in [4.78, 5) is 33.5. The van der Waals surface area contributed by atoms with Gasteiger partial charge in [-0.15, -0.1) is 0 Å². The van der Waals surface area contributed by atoms with Crippen molar-refractivity contribution in [2.24, 2.45) is 0 Å². The van der Waals surface area contributed by atoms with E-state index >= 15 is 0 Å². The molecule has 2 aromatic rings. The topological polar surface area (TPSA) is 99.7 Å². The Bertz CT molecular complexity index is 733. The lowest BCUT2D eigenvalue weighted by molar-refractivity contribution is -0.384. The van der Waals surface area contributed by atoms with Crippen molar-refractivity contribution in [2.75, 3.05) is 6.61 Å². The molecular weight excluding hydrogens is 266 g/mol. The third kappa shape index (κ3) is 2.66. The second kappa shape index (κ2) is 5.52. The number of esters is 1. The third-order valence-electron chi connectivity index (χ3n) is 2.56. The van der Waals surface area contributed by atoms with E-state index in [0.717, 1.165) is 12.1 Å². The zero-order valence-electron chi connectivity index (χ0n) is 10.6. The number of nitrogens with zero attached hydrogens (tertiary/aromatic N) is 1. The Kier molecular flexibility index (Phi) is 3.79. The number of non-ortho nitro benzene ring substituents is 1. The summed E-state index contributed by atoms with van der Waals surface area (Å²) in [5, 5.41) is 10.7. The first-order chi connectivity index (χ1) is 9.52. The number of benzene rings is 1. The van der Waals surface area contributed by atoms with Crippen LogP contribution in [0.15, 0.2) is 33.5 Å². The molecule has 0 aliphatic heterocycles. The first-order valence-electron chi connectivity index (χ1n) is 5.92. The number of rotatable bonds is 4. The predicted molar refractivity (Wildman–Crippen MR) is 69.7 cm³/mol. The van der Waals surface area contributed by atoms with Crippen molar-refractivity contribution in [3.8, 4) is 0 Å². The van der Waals surface area contributed by atoms with Crippen molar-refractivity contribution in [3.05, 3.63) is 50.4 Å². The summed E-state index contributed by atoms with van der Waals surface area (Å²) in [7, 11) is 0. The molecule has 0 aliphatic carbocycles. The summed E-state index contributed by atoms with van der Waals surface area (Å²) in [6.45, 7) is 2.06. The molecular formula is C13H11NO6. The summed E-state index contributed by atoms with van der Waals surface area (Å²) >= 11 is 0. The zero-order valence-corrected chi connectivity index (χ0v) is 10.6. The van der Waals surface area contributed by atoms with Crippen LogP contribution in [0.3, 0.4) is 0 Å². The standard InChI is InChI=1S/C13H11NO6/c1-2-5-19-13(16)12-7-10(15)9-6-8(14(17)18)3-4-11(9)20-12/h3-4,6-7H,2,5H2,1H3. The normalized spacial score (nSPS) is 10.4. The van der Waals surface area contributed by atoms with Gasteiger partial charge in [0.2, 0.25) is 5.76 Å². The number of nitro benzene ring substituents is 1. The average molecular weight is 277 g/mol. The highest BCUT2D eigenvalue weighted by molar-refractivity contribution is 5.89. The van der Waals surface area contributed by atoms with Gasteiger partial charge in [0.15, 0.2) is 5.43 Å². The van der Waals surface area contributed by atoms with Crippen molar-refractivity contribution >= 4 is 22.6 Å². The van der Waals surface area contributed by atoms with Gasteiger partial charge in [0.1, 0.15) is 5.58 Å². The van der Waals surface area contributed by atoms with Crippen molar-refractivity contribution in [2.45, 2.75) is 13.3 Å². The number of nitro groups is 1. The minimum Gasteiger partial charge on any atom is -0.460 e. The molecule has 0 radical (unpaired) electrons. The van der Waals surface area contributed by atoms with Gasteiger partial charge >= 0.3 is 5.97 Å². The summed E-state index contributed by atoms with van der Waals surface area (Å²) < 4.78 is 10.1. The molecule has 1 heterocycles. The molecule has 0 N–H and O–H groups in total. The van der Waals surface area contributed by atoms with Crippen LogP contribution in [0.5, 0.6) is 0 Å². The van der Waals surface area contributed by atoms with Crippen LogP contribution >= 0.6 is 0 Å². The molecule has 1 aromatic heterocycles. The van der Waals surface area contributed by atoms with Crippen molar-refractivity contribution in [1.82, 2.24) is 0 Å². The van der Waals surface area contributed by atoms with Gasteiger partial charge in [-0.25, -0.2) is 4.79 Å². The summed E-state index contributed by atoms with van der Waals surface area (Å²) in [5.41, 5.74) is -0.643. The Balaban J connectivity index is 2.48. The first-order valence-corrected chi connectivity index (χ1v) is 5.92. The minimum absolute atomic E-state index is 0.0474. The second-order valence-electron chi connectivity index (χ2n) is 4.05. The largest absolute Gasteiger partial charge is 0.460 e. The molecule has 0 amide bonds. The number of carbonyl (C=O) groups is 1. The Morgan fingerprint density at radius 2 is 2.15 bits per heavy atom. The fraction of sp³-hybridized carbons (Fsp3) is 0.231. The lowest BCUT2D eigenvalue weighted by Gasteiger charge is -2.03.